The molecule has 0 atom stereocenters. The summed E-state index contributed by atoms with van der Waals surface area (Å²) < 4.78 is 12.1. The average molecular weight is 479 g/mol. The van der Waals surface area contributed by atoms with Crippen LogP contribution in [0.1, 0.15) is 33.9 Å². The van der Waals surface area contributed by atoms with E-state index in [0.717, 1.165) is 50.6 Å². The van der Waals surface area contributed by atoms with Crippen molar-refractivity contribution < 1.29 is 9.47 Å². The highest BCUT2D eigenvalue weighted by molar-refractivity contribution is 9.10. The van der Waals surface area contributed by atoms with Crippen LogP contribution in [-0.2, 0) is 5.41 Å². The van der Waals surface area contributed by atoms with Crippen molar-refractivity contribution in [3.8, 4) is 22.8 Å². The zero-order valence-corrected chi connectivity index (χ0v) is 19.4. The number of benzene rings is 2. The monoisotopic (exact) mass is 477 g/mol. The molecule has 1 heterocycles. The molecular weight excluding hydrogens is 458 g/mol. The summed E-state index contributed by atoms with van der Waals surface area (Å²) in [4.78, 5) is 6.24. The van der Waals surface area contributed by atoms with Crippen LogP contribution in [0.25, 0.3) is 11.3 Å². The van der Waals surface area contributed by atoms with Gasteiger partial charge in [-0.25, -0.2) is 4.98 Å². The first-order valence-electron chi connectivity index (χ1n) is 9.06. The maximum absolute atomic E-state index is 6.57. The predicted molar refractivity (Wildman–Crippen MR) is 119 cm³/mol. The average Bonchev–Trinajstić information content (AvgIpc) is 3.40. The Kier molecular flexibility index (Phi) is 5.19. The number of rotatable bonds is 5. The highest BCUT2D eigenvalue weighted by Gasteiger charge is 2.50. The Morgan fingerprint density at radius 3 is 2.43 bits per heavy atom. The van der Waals surface area contributed by atoms with E-state index in [4.69, 9.17) is 26.1 Å². The Labute approximate surface area is 182 Å². The van der Waals surface area contributed by atoms with Crippen LogP contribution in [0.2, 0.25) is 5.02 Å². The standard InChI is InChI=1S/C22H21BrClNO2S/c1-12-9-15(17(24)11-19(12)27-4)20-13(2)28-21(25-20)22(7-8-22)16-10-14(23)5-6-18(16)26-3/h5-6,9-11H,7-8H2,1-4H3. The first-order chi connectivity index (χ1) is 13.4. The van der Waals surface area contributed by atoms with Crippen LogP contribution in [0.3, 0.4) is 0 Å². The van der Waals surface area contributed by atoms with Crippen LogP contribution in [0.5, 0.6) is 11.5 Å². The summed E-state index contributed by atoms with van der Waals surface area (Å²) in [6.45, 7) is 4.14. The van der Waals surface area contributed by atoms with Crippen LogP contribution in [0, 0.1) is 13.8 Å². The Bertz CT molecular complexity index is 1060. The molecule has 0 spiro atoms. The van der Waals surface area contributed by atoms with Gasteiger partial charge < -0.3 is 9.47 Å². The van der Waals surface area contributed by atoms with Crippen molar-refractivity contribution in [2.75, 3.05) is 14.2 Å². The van der Waals surface area contributed by atoms with Crippen molar-refractivity contribution in [3.63, 3.8) is 0 Å². The van der Waals surface area contributed by atoms with Crippen molar-refractivity contribution in [1.29, 1.82) is 0 Å². The molecule has 0 unspecified atom stereocenters. The van der Waals surface area contributed by atoms with E-state index in [9.17, 15) is 0 Å². The number of hydrogen-bond donors (Lipinski definition) is 0. The molecule has 0 radical (unpaired) electrons. The molecule has 28 heavy (non-hydrogen) atoms. The third-order valence-corrected chi connectivity index (χ3v) is 7.35. The molecule has 0 amide bonds. The van der Waals surface area contributed by atoms with Crippen LogP contribution in [0.15, 0.2) is 34.8 Å². The largest absolute Gasteiger partial charge is 0.496 e. The van der Waals surface area contributed by atoms with E-state index in [1.54, 1.807) is 25.6 Å². The van der Waals surface area contributed by atoms with Gasteiger partial charge in [-0.3, -0.25) is 0 Å². The lowest BCUT2D eigenvalue weighted by Gasteiger charge is -2.17. The van der Waals surface area contributed by atoms with Gasteiger partial charge in [0.05, 0.1) is 30.4 Å². The molecule has 1 aromatic heterocycles. The molecule has 1 aliphatic carbocycles. The molecule has 3 aromatic rings. The number of nitrogens with zero attached hydrogens (tertiary/aromatic N) is 1. The van der Waals surface area contributed by atoms with E-state index < -0.39 is 0 Å². The second-order valence-corrected chi connectivity index (χ2v) is 9.68. The molecule has 1 saturated carbocycles. The predicted octanol–water partition coefficient (Wildman–Crippen LogP) is 6.94. The molecule has 2 aromatic carbocycles. The summed E-state index contributed by atoms with van der Waals surface area (Å²) in [7, 11) is 3.38. The Hall–Kier alpha value is -1.56. The van der Waals surface area contributed by atoms with Gasteiger partial charge in [-0.2, -0.15) is 0 Å². The number of hydrogen-bond acceptors (Lipinski definition) is 4. The Morgan fingerprint density at radius 1 is 1.07 bits per heavy atom. The third-order valence-electron chi connectivity index (χ3n) is 5.37. The lowest BCUT2D eigenvalue weighted by atomic mass is 9.95. The fraction of sp³-hybridized carbons (Fsp3) is 0.318. The summed E-state index contributed by atoms with van der Waals surface area (Å²) in [5, 5.41) is 1.79. The van der Waals surface area contributed by atoms with E-state index in [1.807, 2.05) is 25.1 Å². The quantitative estimate of drug-likeness (QED) is 0.398. The van der Waals surface area contributed by atoms with Gasteiger partial charge in [0.15, 0.2) is 0 Å². The molecule has 146 valence electrons. The lowest BCUT2D eigenvalue weighted by molar-refractivity contribution is 0.406. The van der Waals surface area contributed by atoms with Crippen molar-refractivity contribution in [1.82, 2.24) is 4.98 Å². The molecule has 0 saturated heterocycles. The molecular formula is C22H21BrClNO2S. The number of halogens is 2. The number of aromatic nitrogens is 1. The maximum Gasteiger partial charge on any atom is 0.123 e. The minimum atomic E-state index is -0.0726. The minimum absolute atomic E-state index is 0.0726. The first-order valence-corrected chi connectivity index (χ1v) is 11.0. The fourth-order valence-electron chi connectivity index (χ4n) is 3.69. The molecule has 3 nitrogen and oxygen atoms in total. The van der Waals surface area contributed by atoms with Gasteiger partial charge in [0.1, 0.15) is 16.5 Å². The molecule has 1 fully saturated rings. The van der Waals surface area contributed by atoms with Crippen LogP contribution in [-0.4, -0.2) is 19.2 Å². The summed E-state index contributed by atoms with van der Waals surface area (Å²) in [6, 6.07) is 10.1. The van der Waals surface area contributed by atoms with E-state index in [0.29, 0.717) is 5.02 Å². The summed E-state index contributed by atoms with van der Waals surface area (Å²) in [6.07, 6.45) is 2.14. The van der Waals surface area contributed by atoms with Gasteiger partial charge >= 0.3 is 0 Å². The number of aryl methyl sites for hydroxylation is 2. The van der Waals surface area contributed by atoms with Crippen LogP contribution in [0.4, 0.5) is 0 Å². The molecule has 0 N–H and O–H groups in total. The van der Waals surface area contributed by atoms with Gasteiger partial charge in [0.2, 0.25) is 0 Å². The number of ether oxygens (including phenoxy) is 2. The summed E-state index contributed by atoms with van der Waals surface area (Å²) in [5.74, 6) is 1.70. The van der Waals surface area contributed by atoms with Crippen LogP contribution >= 0.6 is 38.9 Å². The van der Waals surface area contributed by atoms with E-state index in [1.165, 1.54) is 10.4 Å². The topological polar surface area (TPSA) is 31.4 Å². The SMILES string of the molecule is COc1cc(Cl)c(-c2nc(C3(c4cc(Br)ccc4OC)CC3)sc2C)cc1C. The smallest absolute Gasteiger partial charge is 0.123 e. The number of thiazole rings is 1. The first kappa shape index (κ1) is 19.7. The fourth-order valence-corrected chi connectivity index (χ4v) is 5.49. The third kappa shape index (κ3) is 3.23. The minimum Gasteiger partial charge on any atom is -0.496 e. The normalized spacial score (nSPS) is 14.8. The highest BCUT2D eigenvalue weighted by Crippen LogP contribution is 2.58. The molecule has 1 aliphatic rings. The summed E-state index contributed by atoms with van der Waals surface area (Å²) >= 11 is 11.9. The van der Waals surface area contributed by atoms with Crippen molar-refractivity contribution in [2.24, 2.45) is 0 Å². The van der Waals surface area contributed by atoms with Gasteiger partial charge in [-0.05, 0) is 62.6 Å². The molecule has 6 heteroatoms. The van der Waals surface area contributed by atoms with E-state index in [2.05, 4.69) is 35.0 Å². The molecule has 4 rings (SSSR count). The highest BCUT2D eigenvalue weighted by atomic mass is 79.9. The van der Waals surface area contributed by atoms with Gasteiger partial charge in [0, 0.05) is 20.5 Å². The molecule has 0 aliphatic heterocycles. The zero-order chi connectivity index (χ0) is 20.1. The maximum atomic E-state index is 6.57. The Morgan fingerprint density at radius 2 is 1.79 bits per heavy atom. The zero-order valence-electron chi connectivity index (χ0n) is 16.2. The van der Waals surface area contributed by atoms with Gasteiger partial charge in [-0.1, -0.05) is 27.5 Å². The van der Waals surface area contributed by atoms with Crippen molar-refractivity contribution in [3.05, 3.63) is 60.8 Å². The number of methoxy groups -OCH3 is 2. The van der Waals surface area contributed by atoms with E-state index in [-0.39, 0.29) is 5.41 Å². The second-order valence-electron chi connectivity index (χ2n) is 7.15. The van der Waals surface area contributed by atoms with E-state index >= 15 is 0 Å². The van der Waals surface area contributed by atoms with Crippen molar-refractivity contribution >= 4 is 38.9 Å². The molecule has 0 bridgehead atoms. The van der Waals surface area contributed by atoms with Gasteiger partial charge in [-0.15, -0.1) is 11.3 Å². The van der Waals surface area contributed by atoms with Gasteiger partial charge in [0.25, 0.3) is 0 Å². The summed E-state index contributed by atoms with van der Waals surface area (Å²) in [5.41, 5.74) is 4.08. The van der Waals surface area contributed by atoms with Crippen LogP contribution < -0.4 is 9.47 Å². The Balaban J connectivity index is 1.81. The lowest BCUT2D eigenvalue weighted by Crippen LogP contribution is -2.10. The van der Waals surface area contributed by atoms with Crippen molar-refractivity contribution in [2.45, 2.75) is 32.1 Å². The second kappa shape index (κ2) is 7.36.